The zero-order valence-electron chi connectivity index (χ0n) is 11.1. The average molecular weight is 255 g/mol. The van der Waals surface area contributed by atoms with Crippen molar-refractivity contribution in [2.75, 3.05) is 5.32 Å². The van der Waals surface area contributed by atoms with Crippen LogP contribution in [0.3, 0.4) is 0 Å². The van der Waals surface area contributed by atoms with Crippen molar-refractivity contribution >= 4 is 11.6 Å². The Morgan fingerprint density at radius 1 is 1.05 bits per heavy atom. The summed E-state index contributed by atoms with van der Waals surface area (Å²) in [5.41, 5.74) is 3.56. The minimum atomic E-state index is -1.15. The number of hydrogen-bond donors (Lipinski definition) is 2. The zero-order valence-corrected chi connectivity index (χ0v) is 11.1. The molecule has 2 rings (SSSR count). The number of nitrogens with one attached hydrogen (secondary N) is 1. The third kappa shape index (κ3) is 3.20. The quantitative estimate of drug-likeness (QED) is 0.885. The third-order valence-corrected chi connectivity index (χ3v) is 3.14. The standard InChI is InChI=1S/C16H17NO2/c1-11-8-9-14(10-12(11)2)17-16(19)15(18)13-6-4-3-5-7-13/h3-10,15,18H,1-2H3,(H,17,19). The predicted octanol–water partition coefficient (Wildman–Crippen LogP) is 2.98. The molecule has 0 aliphatic heterocycles. The Morgan fingerprint density at radius 3 is 2.37 bits per heavy atom. The first-order valence-electron chi connectivity index (χ1n) is 6.19. The van der Waals surface area contributed by atoms with Crippen molar-refractivity contribution in [2.24, 2.45) is 0 Å². The highest BCUT2D eigenvalue weighted by Crippen LogP contribution is 2.18. The predicted molar refractivity (Wildman–Crippen MR) is 75.9 cm³/mol. The lowest BCUT2D eigenvalue weighted by molar-refractivity contribution is -0.124. The normalized spacial score (nSPS) is 11.9. The van der Waals surface area contributed by atoms with Crippen molar-refractivity contribution in [2.45, 2.75) is 20.0 Å². The SMILES string of the molecule is Cc1ccc(NC(=O)C(O)c2ccccc2)cc1C. The highest BCUT2D eigenvalue weighted by molar-refractivity contribution is 5.94. The molecule has 1 amide bonds. The second-order valence-corrected chi connectivity index (χ2v) is 4.60. The summed E-state index contributed by atoms with van der Waals surface area (Å²) >= 11 is 0. The van der Waals surface area contributed by atoms with E-state index in [0.717, 1.165) is 5.56 Å². The molecular weight excluding hydrogens is 238 g/mol. The van der Waals surface area contributed by atoms with Crippen LogP contribution in [0.15, 0.2) is 48.5 Å². The number of benzene rings is 2. The van der Waals surface area contributed by atoms with Crippen LogP contribution >= 0.6 is 0 Å². The Morgan fingerprint density at radius 2 is 1.74 bits per heavy atom. The first kappa shape index (κ1) is 13.3. The summed E-state index contributed by atoms with van der Waals surface area (Å²) < 4.78 is 0. The number of carbonyl (C=O) groups excluding carboxylic acids is 1. The van der Waals surface area contributed by atoms with Crippen LogP contribution in [0.2, 0.25) is 0 Å². The van der Waals surface area contributed by atoms with Gasteiger partial charge in [-0.15, -0.1) is 0 Å². The lowest BCUT2D eigenvalue weighted by Gasteiger charge is -2.12. The van der Waals surface area contributed by atoms with Gasteiger partial charge in [-0.05, 0) is 42.7 Å². The van der Waals surface area contributed by atoms with Gasteiger partial charge in [0.05, 0.1) is 0 Å². The van der Waals surface area contributed by atoms with E-state index in [4.69, 9.17) is 0 Å². The largest absolute Gasteiger partial charge is 0.378 e. The Kier molecular flexibility index (Phi) is 3.97. The smallest absolute Gasteiger partial charge is 0.257 e. The van der Waals surface area contributed by atoms with Gasteiger partial charge in [0.1, 0.15) is 0 Å². The average Bonchev–Trinajstić information content (AvgIpc) is 2.43. The summed E-state index contributed by atoms with van der Waals surface area (Å²) in [6.45, 7) is 4.00. The minimum absolute atomic E-state index is 0.422. The molecule has 19 heavy (non-hydrogen) atoms. The fourth-order valence-electron chi connectivity index (χ4n) is 1.82. The topological polar surface area (TPSA) is 49.3 Å². The first-order chi connectivity index (χ1) is 9.08. The van der Waals surface area contributed by atoms with E-state index in [2.05, 4.69) is 5.32 Å². The van der Waals surface area contributed by atoms with Crippen molar-refractivity contribution in [1.82, 2.24) is 0 Å². The van der Waals surface area contributed by atoms with Gasteiger partial charge in [0.25, 0.3) is 5.91 Å². The second-order valence-electron chi connectivity index (χ2n) is 4.60. The molecule has 0 radical (unpaired) electrons. The van der Waals surface area contributed by atoms with Gasteiger partial charge in [0, 0.05) is 5.69 Å². The van der Waals surface area contributed by atoms with Crippen molar-refractivity contribution in [3.8, 4) is 0 Å². The van der Waals surface area contributed by atoms with E-state index in [9.17, 15) is 9.90 Å². The summed E-state index contributed by atoms with van der Waals surface area (Å²) in [7, 11) is 0. The minimum Gasteiger partial charge on any atom is -0.378 e. The molecule has 2 aromatic carbocycles. The molecule has 0 saturated carbocycles. The molecule has 0 heterocycles. The molecule has 1 unspecified atom stereocenters. The van der Waals surface area contributed by atoms with Gasteiger partial charge in [-0.2, -0.15) is 0 Å². The number of carbonyl (C=O) groups is 1. The highest BCUT2D eigenvalue weighted by Gasteiger charge is 2.16. The van der Waals surface area contributed by atoms with E-state index in [1.165, 1.54) is 5.56 Å². The third-order valence-electron chi connectivity index (χ3n) is 3.14. The molecule has 0 aliphatic rings. The molecule has 0 aliphatic carbocycles. The number of hydrogen-bond acceptors (Lipinski definition) is 2. The van der Waals surface area contributed by atoms with Crippen LogP contribution in [-0.2, 0) is 4.79 Å². The molecule has 0 fully saturated rings. The molecule has 3 nitrogen and oxygen atoms in total. The molecule has 2 aromatic rings. The van der Waals surface area contributed by atoms with Crippen molar-refractivity contribution in [3.05, 3.63) is 65.2 Å². The van der Waals surface area contributed by atoms with Gasteiger partial charge in [0.15, 0.2) is 6.10 Å². The summed E-state index contributed by atoms with van der Waals surface area (Å²) in [5.74, 6) is -0.422. The summed E-state index contributed by atoms with van der Waals surface area (Å²) in [6, 6.07) is 14.6. The Labute approximate surface area is 112 Å². The molecule has 0 saturated heterocycles. The Hall–Kier alpha value is -2.13. The van der Waals surface area contributed by atoms with Crippen LogP contribution < -0.4 is 5.32 Å². The van der Waals surface area contributed by atoms with Gasteiger partial charge in [0.2, 0.25) is 0 Å². The molecule has 98 valence electrons. The van der Waals surface area contributed by atoms with Gasteiger partial charge >= 0.3 is 0 Å². The molecule has 0 bridgehead atoms. The van der Waals surface area contributed by atoms with Gasteiger partial charge in [-0.25, -0.2) is 0 Å². The van der Waals surface area contributed by atoms with Crippen LogP contribution in [0.5, 0.6) is 0 Å². The van der Waals surface area contributed by atoms with E-state index < -0.39 is 12.0 Å². The first-order valence-corrected chi connectivity index (χ1v) is 6.19. The Balaban J connectivity index is 2.10. The van der Waals surface area contributed by atoms with E-state index in [1.807, 2.05) is 38.1 Å². The van der Waals surface area contributed by atoms with Crippen LogP contribution in [0.4, 0.5) is 5.69 Å². The molecule has 2 N–H and O–H groups in total. The van der Waals surface area contributed by atoms with E-state index in [0.29, 0.717) is 11.3 Å². The van der Waals surface area contributed by atoms with Crippen LogP contribution in [0.25, 0.3) is 0 Å². The van der Waals surface area contributed by atoms with Crippen molar-refractivity contribution in [3.63, 3.8) is 0 Å². The monoisotopic (exact) mass is 255 g/mol. The maximum Gasteiger partial charge on any atom is 0.257 e. The van der Waals surface area contributed by atoms with E-state index >= 15 is 0 Å². The lowest BCUT2D eigenvalue weighted by Crippen LogP contribution is -2.20. The summed E-state index contributed by atoms with van der Waals surface area (Å²) in [5, 5.41) is 12.7. The fourth-order valence-corrected chi connectivity index (χ4v) is 1.82. The zero-order chi connectivity index (χ0) is 13.8. The molecule has 0 spiro atoms. The molecular formula is C16H17NO2. The van der Waals surface area contributed by atoms with Gasteiger partial charge < -0.3 is 10.4 Å². The summed E-state index contributed by atoms with van der Waals surface area (Å²) in [6.07, 6.45) is -1.15. The number of amides is 1. The highest BCUT2D eigenvalue weighted by atomic mass is 16.3. The lowest BCUT2D eigenvalue weighted by atomic mass is 10.1. The molecule has 0 aromatic heterocycles. The molecule has 3 heteroatoms. The van der Waals surface area contributed by atoms with Crippen LogP contribution in [0.1, 0.15) is 22.8 Å². The van der Waals surface area contributed by atoms with Gasteiger partial charge in [-0.1, -0.05) is 36.4 Å². The second kappa shape index (κ2) is 5.67. The molecule has 1 atom stereocenters. The number of rotatable bonds is 3. The number of aryl methyl sites for hydroxylation is 2. The number of anilines is 1. The van der Waals surface area contributed by atoms with Crippen molar-refractivity contribution < 1.29 is 9.90 Å². The maximum absolute atomic E-state index is 11.9. The summed E-state index contributed by atoms with van der Waals surface area (Å²) in [4.78, 5) is 11.9. The Bertz CT molecular complexity index is 579. The van der Waals surface area contributed by atoms with E-state index in [-0.39, 0.29) is 0 Å². The number of aliphatic hydroxyl groups is 1. The maximum atomic E-state index is 11.9. The van der Waals surface area contributed by atoms with Crippen LogP contribution in [-0.4, -0.2) is 11.0 Å². The van der Waals surface area contributed by atoms with Gasteiger partial charge in [-0.3, -0.25) is 4.79 Å². The fraction of sp³-hybridized carbons (Fsp3) is 0.188. The van der Waals surface area contributed by atoms with E-state index in [1.54, 1.807) is 24.3 Å². The van der Waals surface area contributed by atoms with Crippen LogP contribution in [0, 0.1) is 13.8 Å². The number of aliphatic hydroxyl groups excluding tert-OH is 1. The van der Waals surface area contributed by atoms with Crippen molar-refractivity contribution in [1.29, 1.82) is 0 Å².